The van der Waals surface area contributed by atoms with E-state index in [0.29, 0.717) is 6.42 Å². The van der Waals surface area contributed by atoms with Gasteiger partial charge in [-0.1, -0.05) is 12.1 Å². The van der Waals surface area contributed by atoms with Crippen LogP contribution >= 0.6 is 0 Å². The molecule has 3 N–H and O–H groups in total. The number of alkyl halides is 3. The highest BCUT2D eigenvalue weighted by molar-refractivity contribution is 5.99. The van der Waals surface area contributed by atoms with Crippen molar-refractivity contribution >= 4 is 5.84 Å². The normalized spacial score (nSPS) is 13.4. The van der Waals surface area contributed by atoms with Crippen LogP contribution in [0, 0.1) is 0 Å². The van der Waals surface area contributed by atoms with Gasteiger partial charge in [0.1, 0.15) is 11.4 Å². The van der Waals surface area contributed by atoms with Gasteiger partial charge in [0.2, 0.25) is 0 Å². The molecule has 0 saturated heterocycles. The molecule has 0 aromatic heterocycles. The summed E-state index contributed by atoms with van der Waals surface area (Å²) in [5, 5.41) is 11.2. The fourth-order valence-electron chi connectivity index (χ4n) is 1.49. The molecule has 0 aliphatic rings. The van der Waals surface area contributed by atoms with Crippen molar-refractivity contribution in [2.45, 2.75) is 39.0 Å². The van der Waals surface area contributed by atoms with Gasteiger partial charge in [-0.25, -0.2) is 0 Å². The van der Waals surface area contributed by atoms with Crippen LogP contribution < -0.4 is 10.5 Å². The van der Waals surface area contributed by atoms with Gasteiger partial charge in [-0.3, -0.25) is 0 Å². The summed E-state index contributed by atoms with van der Waals surface area (Å²) in [7, 11) is 0. The Hall–Kier alpha value is -1.92. The van der Waals surface area contributed by atoms with Gasteiger partial charge in [0.15, 0.2) is 5.84 Å². The smallest absolute Gasteiger partial charge is 0.417 e. The maximum Gasteiger partial charge on any atom is 0.417 e. The van der Waals surface area contributed by atoms with Crippen LogP contribution in [-0.4, -0.2) is 16.6 Å². The van der Waals surface area contributed by atoms with E-state index in [4.69, 9.17) is 15.7 Å². The summed E-state index contributed by atoms with van der Waals surface area (Å²) in [5.41, 5.74) is 3.39. The molecular weight excluding hydrogens is 273 g/mol. The van der Waals surface area contributed by atoms with Crippen LogP contribution in [0.2, 0.25) is 0 Å². The lowest BCUT2D eigenvalue weighted by molar-refractivity contribution is -0.137. The fourth-order valence-corrected chi connectivity index (χ4v) is 1.49. The van der Waals surface area contributed by atoms with Gasteiger partial charge in [0.05, 0.1) is 5.56 Å². The topological polar surface area (TPSA) is 67.8 Å². The number of oxime groups is 1. The Labute approximate surface area is 115 Å². The number of hydrogen-bond acceptors (Lipinski definition) is 3. The molecule has 0 radical (unpaired) electrons. The molecule has 0 unspecified atom stereocenters. The number of rotatable bonds is 4. The van der Waals surface area contributed by atoms with Crippen molar-refractivity contribution in [2.75, 3.05) is 0 Å². The van der Waals surface area contributed by atoms with Gasteiger partial charge >= 0.3 is 6.18 Å². The molecule has 0 saturated carbocycles. The molecule has 0 fully saturated rings. The zero-order chi connectivity index (χ0) is 15.6. The largest absolute Gasteiger partial charge is 0.488 e. The van der Waals surface area contributed by atoms with E-state index in [9.17, 15) is 13.2 Å². The molecule has 20 heavy (non-hydrogen) atoms. The fraction of sp³-hybridized carbons (Fsp3) is 0.462. The van der Waals surface area contributed by atoms with Gasteiger partial charge in [-0.05, 0) is 38.5 Å². The second-order valence-electron chi connectivity index (χ2n) is 4.91. The lowest BCUT2D eigenvalue weighted by atomic mass is 10.0. The first kappa shape index (κ1) is 16.1. The number of hydrogen-bond donors (Lipinski definition) is 2. The van der Waals surface area contributed by atoms with E-state index in [0.717, 1.165) is 12.1 Å². The molecule has 4 nitrogen and oxygen atoms in total. The van der Waals surface area contributed by atoms with Gasteiger partial charge in [0, 0.05) is 5.56 Å². The average Bonchev–Trinajstić information content (AvgIpc) is 2.36. The van der Waals surface area contributed by atoms with Crippen molar-refractivity contribution in [2.24, 2.45) is 10.9 Å². The molecule has 1 aromatic rings. The molecule has 0 heterocycles. The third-order valence-corrected chi connectivity index (χ3v) is 2.93. The highest BCUT2D eigenvalue weighted by atomic mass is 19.4. The maximum absolute atomic E-state index is 12.8. The minimum atomic E-state index is -4.59. The van der Waals surface area contributed by atoms with E-state index in [2.05, 4.69) is 5.16 Å². The lowest BCUT2D eigenvalue weighted by Crippen LogP contribution is -2.27. The quantitative estimate of drug-likeness (QED) is 0.386. The third kappa shape index (κ3) is 3.79. The van der Waals surface area contributed by atoms with Crippen LogP contribution in [0.1, 0.15) is 38.3 Å². The van der Waals surface area contributed by atoms with E-state index >= 15 is 0 Å². The average molecular weight is 290 g/mol. The summed E-state index contributed by atoms with van der Waals surface area (Å²) in [4.78, 5) is 0. The number of ether oxygens (including phenoxy) is 1. The Bertz CT molecular complexity index is 511. The molecule has 7 heteroatoms. The lowest BCUT2D eigenvalue weighted by Gasteiger charge is -2.25. The standard InChI is InChI=1S/C13H17F3N2O2/c1-4-12(2,3)20-8-5-6-10(13(14,15)16)9(7-8)11(17)18-19/h5-7,19H,4H2,1-3H3,(H2,17,18). The van der Waals surface area contributed by atoms with E-state index in [1.54, 1.807) is 0 Å². The number of amidine groups is 1. The van der Waals surface area contributed by atoms with Gasteiger partial charge in [-0.15, -0.1) is 0 Å². The summed E-state index contributed by atoms with van der Waals surface area (Å²) in [5.74, 6) is -0.386. The second kappa shape index (κ2) is 5.60. The van der Waals surface area contributed by atoms with Gasteiger partial charge in [-0.2, -0.15) is 13.2 Å². The van der Waals surface area contributed by atoms with Gasteiger partial charge < -0.3 is 15.7 Å². The predicted octanol–water partition coefficient (Wildman–Crippen LogP) is 3.37. The first-order valence-electron chi connectivity index (χ1n) is 5.99. The summed E-state index contributed by atoms with van der Waals surface area (Å²) in [6.45, 7) is 5.52. The summed E-state index contributed by atoms with van der Waals surface area (Å²) >= 11 is 0. The van der Waals surface area contributed by atoms with Crippen molar-refractivity contribution in [1.82, 2.24) is 0 Å². The van der Waals surface area contributed by atoms with Crippen molar-refractivity contribution in [3.8, 4) is 5.75 Å². The van der Waals surface area contributed by atoms with Crippen LogP contribution in [0.3, 0.4) is 0 Å². The Morgan fingerprint density at radius 3 is 2.40 bits per heavy atom. The van der Waals surface area contributed by atoms with Gasteiger partial charge in [0.25, 0.3) is 0 Å². The van der Waals surface area contributed by atoms with Crippen molar-refractivity contribution in [1.29, 1.82) is 0 Å². The Morgan fingerprint density at radius 2 is 1.95 bits per heavy atom. The molecule has 0 bridgehead atoms. The first-order valence-corrected chi connectivity index (χ1v) is 5.99. The van der Waals surface area contributed by atoms with E-state index in [1.807, 2.05) is 20.8 Å². The van der Waals surface area contributed by atoms with Crippen LogP contribution in [0.4, 0.5) is 13.2 Å². The van der Waals surface area contributed by atoms with E-state index in [1.165, 1.54) is 6.07 Å². The highest BCUT2D eigenvalue weighted by Gasteiger charge is 2.34. The van der Waals surface area contributed by atoms with E-state index < -0.39 is 28.7 Å². The number of benzene rings is 1. The van der Waals surface area contributed by atoms with Crippen LogP contribution in [0.15, 0.2) is 23.4 Å². The number of nitrogens with zero attached hydrogens (tertiary/aromatic N) is 1. The van der Waals surface area contributed by atoms with Crippen LogP contribution in [0.5, 0.6) is 5.75 Å². The minimum Gasteiger partial charge on any atom is -0.488 e. The maximum atomic E-state index is 12.8. The molecule has 1 aromatic carbocycles. The van der Waals surface area contributed by atoms with Crippen LogP contribution in [0.25, 0.3) is 0 Å². The third-order valence-electron chi connectivity index (χ3n) is 2.93. The number of nitrogens with two attached hydrogens (primary N) is 1. The first-order chi connectivity index (χ1) is 9.10. The molecule has 0 aliphatic carbocycles. The Morgan fingerprint density at radius 1 is 1.35 bits per heavy atom. The summed E-state index contributed by atoms with van der Waals surface area (Å²) < 4.78 is 44.1. The zero-order valence-electron chi connectivity index (χ0n) is 11.5. The van der Waals surface area contributed by atoms with Crippen molar-refractivity contribution in [3.63, 3.8) is 0 Å². The summed E-state index contributed by atoms with van der Waals surface area (Å²) in [6, 6.07) is 3.19. The Balaban J connectivity index is 3.29. The Kier molecular flexibility index (Phi) is 4.52. The second-order valence-corrected chi connectivity index (χ2v) is 4.91. The van der Waals surface area contributed by atoms with Crippen molar-refractivity contribution in [3.05, 3.63) is 29.3 Å². The molecule has 112 valence electrons. The SMILES string of the molecule is CCC(C)(C)Oc1ccc(C(F)(F)F)c(/C(N)=N/O)c1. The zero-order valence-corrected chi connectivity index (χ0v) is 11.5. The molecular formula is C13H17F3N2O2. The summed E-state index contributed by atoms with van der Waals surface area (Å²) in [6.07, 6.45) is -3.92. The van der Waals surface area contributed by atoms with Crippen molar-refractivity contribution < 1.29 is 23.1 Å². The minimum absolute atomic E-state index is 0.228. The molecule has 0 amide bonds. The molecule has 1 rings (SSSR count). The predicted molar refractivity (Wildman–Crippen MR) is 69.0 cm³/mol. The molecule has 0 spiro atoms. The molecule has 0 aliphatic heterocycles. The van der Waals surface area contributed by atoms with Crippen LogP contribution in [-0.2, 0) is 6.18 Å². The monoisotopic (exact) mass is 290 g/mol. The molecule has 0 atom stereocenters. The van der Waals surface area contributed by atoms with E-state index in [-0.39, 0.29) is 5.75 Å². The number of halogens is 3. The highest BCUT2D eigenvalue weighted by Crippen LogP contribution is 2.34.